The number of carbonyl (C=O) groups is 2. The summed E-state index contributed by atoms with van der Waals surface area (Å²) in [5, 5.41) is 18.3. The highest BCUT2D eigenvalue weighted by molar-refractivity contribution is 5.72. The topological polar surface area (TPSA) is 74.6 Å². The van der Waals surface area contributed by atoms with Gasteiger partial charge >= 0.3 is 11.9 Å². The fourth-order valence-corrected chi connectivity index (χ4v) is 5.48. The molecule has 0 heterocycles. The number of aliphatic carboxylic acids is 2. The van der Waals surface area contributed by atoms with Crippen molar-refractivity contribution in [1.29, 1.82) is 0 Å². The van der Waals surface area contributed by atoms with Crippen LogP contribution in [0.15, 0.2) is 0 Å². The zero-order valence-electron chi connectivity index (χ0n) is 10.5. The van der Waals surface area contributed by atoms with Crippen molar-refractivity contribution in [3.63, 3.8) is 0 Å². The third kappa shape index (κ3) is 1.65. The van der Waals surface area contributed by atoms with Crippen molar-refractivity contribution in [2.45, 2.75) is 44.9 Å². The Morgan fingerprint density at radius 3 is 2.22 bits per heavy atom. The van der Waals surface area contributed by atoms with Crippen molar-refractivity contribution < 1.29 is 19.8 Å². The standard InChI is InChI=1S/C14H20O4/c15-11(16)6-14(7-12(17)18)4-3-10-8-1-2-9(5-8)13(10)14/h8-10,13H,1-7H2,(H,15,16)(H,17,18). The van der Waals surface area contributed by atoms with Crippen molar-refractivity contribution in [2.24, 2.45) is 29.1 Å². The van der Waals surface area contributed by atoms with Crippen LogP contribution < -0.4 is 0 Å². The van der Waals surface area contributed by atoms with Crippen LogP contribution >= 0.6 is 0 Å². The van der Waals surface area contributed by atoms with Gasteiger partial charge in [0.2, 0.25) is 0 Å². The van der Waals surface area contributed by atoms with Gasteiger partial charge in [-0.05, 0) is 61.2 Å². The molecule has 0 saturated heterocycles. The van der Waals surface area contributed by atoms with E-state index in [0.717, 1.165) is 18.8 Å². The average Bonchev–Trinajstić information content (AvgIpc) is 2.89. The minimum atomic E-state index is -0.834. The maximum Gasteiger partial charge on any atom is 0.303 e. The Kier molecular flexibility index (Phi) is 2.65. The number of rotatable bonds is 4. The Hall–Kier alpha value is -1.06. The lowest BCUT2D eigenvalue weighted by Crippen LogP contribution is -2.36. The smallest absolute Gasteiger partial charge is 0.303 e. The van der Waals surface area contributed by atoms with E-state index in [1.54, 1.807) is 0 Å². The van der Waals surface area contributed by atoms with Crippen LogP contribution in [-0.4, -0.2) is 22.2 Å². The Balaban J connectivity index is 1.89. The largest absolute Gasteiger partial charge is 0.481 e. The molecule has 0 aromatic heterocycles. The van der Waals surface area contributed by atoms with Crippen LogP contribution in [0.5, 0.6) is 0 Å². The van der Waals surface area contributed by atoms with Gasteiger partial charge in [-0.25, -0.2) is 0 Å². The molecule has 3 fully saturated rings. The minimum Gasteiger partial charge on any atom is -0.481 e. The molecule has 3 saturated carbocycles. The van der Waals surface area contributed by atoms with Crippen molar-refractivity contribution in [3.8, 4) is 0 Å². The molecule has 4 unspecified atom stereocenters. The Morgan fingerprint density at radius 2 is 1.61 bits per heavy atom. The van der Waals surface area contributed by atoms with Gasteiger partial charge in [-0.2, -0.15) is 0 Å². The molecule has 18 heavy (non-hydrogen) atoms. The average molecular weight is 252 g/mol. The van der Waals surface area contributed by atoms with Crippen LogP contribution in [0.2, 0.25) is 0 Å². The van der Waals surface area contributed by atoms with E-state index >= 15 is 0 Å². The molecule has 3 rings (SSSR count). The van der Waals surface area contributed by atoms with Gasteiger partial charge in [-0.15, -0.1) is 0 Å². The number of hydrogen-bond donors (Lipinski definition) is 2. The van der Waals surface area contributed by atoms with Gasteiger partial charge in [0.05, 0.1) is 12.8 Å². The van der Waals surface area contributed by atoms with Gasteiger partial charge in [0, 0.05) is 0 Å². The molecule has 2 N–H and O–H groups in total. The summed E-state index contributed by atoms with van der Waals surface area (Å²) in [6.45, 7) is 0. The van der Waals surface area contributed by atoms with E-state index in [9.17, 15) is 9.59 Å². The van der Waals surface area contributed by atoms with Crippen LogP contribution in [0.25, 0.3) is 0 Å². The fraction of sp³-hybridized carbons (Fsp3) is 0.857. The molecule has 4 nitrogen and oxygen atoms in total. The first kappa shape index (κ1) is 12.0. The Bertz CT molecular complexity index is 373. The number of carboxylic acids is 2. The SMILES string of the molecule is O=C(O)CC1(CC(=O)O)CCC2C3CCC(C3)C21. The van der Waals surface area contributed by atoms with Crippen LogP contribution in [0.4, 0.5) is 0 Å². The highest BCUT2D eigenvalue weighted by atomic mass is 16.4. The lowest BCUT2D eigenvalue weighted by Gasteiger charge is -2.38. The van der Waals surface area contributed by atoms with Crippen molar-refractivity contribution >= 4 is 11.9 Å². The highest BCUT2D eigenvalue weighted by Gasteiger charge is 2.60. The molecule has 0 aromatic rings. The van der Waals surface area contributed by atoms with E-state index in [4.69, 9.17) is 10.2 Å². The monoisotopic (exact) mass is 252 g/mol. The van der Waals surface area contributed by atoms with Crippen LogP contribution in [0.1, 0.15) is 44.9 Å². The third-order valence-electron chi connectivity index (χ3n) is 5.78. The van der Waals surface area contributed by atoms with Gasteiger partial charge in [0.25, 0.3) is 0 Å². The second-order valence-electron chi connectivity index (χ2n) is 6.56. The number of fused-ring (bicyclic) bond motifs is 5. The Labute approximate surface area is 106 Å². The molecular formula is C14H20O4. The second kappa shape index (κ2) is 3.97. The number of hydrogen-bond acceptors (Lipinski definition) is 2. The summed E-state index contributed by atoms with van der Waals surface area (Å²) >= 11 is 0. The third-order valence-corrected chi connectivity index (χ3v) is 5.78. The zero-order valence-corrected chi connectivity index (χ0v) is 10.5. The quantitative estimate of drug-likeness (QED) is 0.805. The predicted molar refractivity (Wildman–Crippen MR) is 64.0 cm³/mol. The van der Waals surface area contributed by atoms with E-state index in [1.165, 1.54) is 19.3 Å². The number of carboxylic acid groups (broad SMARTS) is 2. The highest BCUT2D eigenvalue weighted by Crippen LogP contribution is 2.66. The Morgan fingerprint density at radius 1 is 1.00 bits per heavy atom. The van der Waals surface area contributed by atoms with Gasteiger partial charge < -0.3 is 10.2 Å². The summed E-state index contributed by atoms with van der Waals surface area (Å²) in [7, 11) is 0. The van der Waals surface area contributed by atoms with Gasteiger partial charge in [0.1, 0.15) is 0 Å². The van der Waals surface area contributed by atoms with E-state index < -0.39 is 17.4 Å². The molecule has 4 atom stereocenters. The fourth-order valence-electron chi connectivity index (χ4n) is 5.48. The van der Waals surface area contributed by atoms with Crippen molar-refractivity contribution in [2.75, 3.05) is 0 Å². The van der Waals surface area contributed by atoms with E-state index in [1.807, 2.05) is 0 Å². The maximum absolute atomic E-state index is 11.1. The normalized spacial score (nSPS) is 39.8. The lowest BCUT2D eigenvalue weighted by molar-refractivity contribution is -0.145. The van der Waals surface area contributed by atoms with E-state index in [0.29, 0.717) is 17.8 Å². The van der Waals surface area contributed by atoms with Gasteiger partial charge in [-0.3, -0.25) is 9.59 Å². The van der Waals surface area contributed by atoms with Crippen LogP contribution in [0, 0.1) is 29.1 Å². The molecule has 0 spiro atoms. The molecule has 4 heteroatoms. The first-order valence-corrected chi connectivity index (χ1v) is 6.95. The second-order valence-corrected chi connectivity index (χ2v) is 6.56. The summed E-state index contributed by atoms with van der Waals surface area (Å²) in [6.07, 6.45) is 5.62. The summed E-state index contributed by atoms with van der Waals surface area (Å²) in [5.74, 6) is 0.663. The maximum atomic E-state index is 11.1. The molecule has 2 bridgehead atoms. The summed E-state index contributed by atoms with van der Waals surface area (Å²) in [6, 6.07) is 0. The lowest BCUT2D eigenvalue weighted by atomic mass is 9.65. The van der Waals surface area contributed by atoms with Gasteiger partial charge in [-0.1, -0.05) is 0 Å². The molecule has 3 aliphatic carbocycles. The first-order valence-electron chi connectivity index (χ1n) is 6.95. The molecule has 100 valence electrons. The van der Waals surface area contributed by atoms with Gasteiger partial charge in [0.15, 0.2) is 0 Å². The molecular weight excluding hydrogens is 232 g/mol. The van der Waals surface area contributed by atoms with Crippen LogP contribution in [0.3, 0.4) is 0 Å². The summed E-state index contributed by atoms with van der Waals surface area (Å²) in [4.78, 5) is 22.3. The summed E-state index contributed by atoms with van der Waals surface area (Å²) in [5.41, 5.74) is -0.456. The summed E-state index contributed by atoms with van der Waals surface area (Å²) < 4.78 is 0. The van der Waals surface area contributed by atoms with Crippen LogP contribution in [-0.2, 0) is 9.59 Å². The molecule has 0 amide bonds. The first-order chi connectivity index (χ1) is 8.52. The van der Waals surface area contributed by atoms with Crippen molar-refractivity contribution in [3.05, 3.63) is 0 Å². The van der Waals surface area contributed by atoms with E-state index in [-0.39, 0.29) is 12.8 Å². The van der Waals surface area contributed by atoms with Crippen molar-refractivity contribution in [1.82, 2.24) is 0 Å². The molecule has 3 aliphatic rings. The van der Waals surface area contributed by atoms with E-state index in [2.05, 4.69) is 0 Å². The molecule has 0 radical (unpaired) electrons. The zero-order chi connectivity index (χ0) is 12.9. The molecule has 0 aromatic carbocycles. The molecule has 0 aliphatic heterocycles. The predicted octanol–water partition coefficient (Wildman–Crippen LogP) is 2.38. The minimum absolute atomic E-state index is 0.0453.